The van der Waals surface area contributed by atoms with Gasteiger partial charge in [0.15, 0.2) is 0 Å². The van der Waals surface area contributed by atoms with E-state index in [1.54, 1.807) is 18.2 Å². The van der Waals surface area contributed by atoms with Gasteiger partial charge in [-0.1, -0.05) is 12.1 Å². The molecule has 0 amide bonds. The van der Waals surface area contributed by atoms with Crippen LogP contribution in [0.25, 0.3) is 0 Å². The summed E-state index contributed by atoms with van der Waals surface area (Å²) in [6, 6.07) is 6.99. The number of hydrogen-bond acceptors (Lipinski definition) is 3. The molecule has 0 aliphatic heterocycles. The fraction of sp³-hybridized carbons (Fsp3) is 0.538. The standard InChI is InChI=1S/C13H20N2O2S/c1-11-4-3-5-12(8-11)18(16,17)15-10-13(6-7-13)9-14-2/h3-5,8,14-15H,6-7,9-10H2,1-2H3. The van der Waals surface area contributed by atoms with Gasteiger partial charge in [-0.15, -0.1) is 0 Å². The summed E-state index contributed by atoms with van der Waals surface area (Å²) in [5, 5.41) is 3.12. The van der Waals surface area contributed by atoms with Crippen LogP contribution in [-0.2, 0) is 10.0 Å². The van der Waals surface area contributed by atoms with Gasteiger partial charge < -0.3 is 5.32 Å². The molecular weight excluding hydrogens is 248 g/mol. The molecule has 2 rings (SSSR count). The highest BCUT2D eigenvalue weighted by Crippen LogP contribution is 2.44. The molecule has 1 aromatic rings. The van der Waals surface area contributed by atoms with Gasteiger partial charge in [-0.25, -0.2) is 13.1 Å². The number of benzene rings is 1. The van der Waals surface area contributed by atoms with Crippen LogP contribution in [0.1, 0.15) is 18.4 Å². The first kappa shape index (κ1) is 13.5. The fourth-order valence-corrected chi connectivity index (χ4v) is 3.34. The molecule has 0 saturated heterocycles. The van der Waals surface area contributed by atoms with Crippen LogP contribution < -0.4 is 10.0 Å². The van der Waals surface area contributed by atoms with Gasteiger partial charge in [0.05, 0.1) is 4.90 Å². The molecule has 0 radical (unpaired) electrons. The van der Waals surface area contributed by atoms with Gasteiger partial charge in [-0.2, -0.15) is 0 Å². The summed E-state index contributed by atoms with van der Waals surface area (Å²) in [5.41, 5.74) is 1.08. The third-order valence-corrected chi connectivity index (χ3v) is 4.84. The Kier molecular flexibility index (Phi) is 3.75. The SMILES string of the molecule is CNCC1(CNS(=O)(=O)c2cccc(C)c2)CC1. The molecule has 1 saturated carbocycles. The Hall–Kier alpha value is -0.910. The summed E-state index contributed by atoms with van der Waals surface area (Å²) in [5.74, 6) is 0. The van der Waals surface area contributed by atoms with E-state index in [2.05, 4.69) is 10.0 Å². The van der Waals surface area contributed by atoms with Crippen molar-refractivity contribution in [1.82, 2.24) is 10.0 Å². The van der Waals surface area contributed by atoms with E-state index < -0.39 is 10.0 Å². The summed E-state index contributed by atoms with van der Waals surface area (Å²) in [4.78, 5) is 0.350. The van der Waals surface area contributed by atoms with Crippen molar-refractivity contribution < 1.29 is 8.42 Å². The minimum absolute atomic E-state index is 0.131. The van der Waals surface area contributed by atoms with Crippen molar-refractivity contribution in [1.29, 1.82) is 0 Å². The first-order valence-corrected chi connectivity index (χ1v) is 7.67. The molecule has 0 bridgehead atoms. The molecule has 1 aromatic carbocycles. The second-order valence-corrected chi connectivity index (χ2v) is 6.94. The van der Waals surface area contributed by atoms with Gasteiger partial charge in [0.1, 0.15) is 0 Å². The summed E-state index contributed by atoms with van der Waals surface area (Å²) >= 11 is 0. The zero-order chi connectivity index (χ0) is 13.2. The van der Waals surface area contributed by atoms with Gasteiger partial charge in [0, 0.05) is 13.1 Å². The highest BCUT2D eigenvalue weighted by molar-refractivity contribution is 7.89. The highest BCUT2D eigenvalue weighted by Gasteiger charge is 2.42. The van der Waals surface area contributed by atoms with E-state index in [1.165, 1.54) is 0 Å². The molecule has 0 unspecified atom stereocenters. The highest BCUT2D eigenvalue weighted by atomic mass is 32.2. The second kappa shape index (κ2) is 4.99. The molecule has 2 N–H and O–H groups in total. The molecule has 100 valence electrons. The number of aryl methyl sites for hydroxylation is 1. The maximum absolute atomic E-state index is 12.1. The van der Waals surface area contributed by atoms with Crippen molar-refractivity contribution in [2.45, 2.75) is 24.7 Å². The van der Waals surface area contributed by atoms with Crippen molar-refractivity contribution >= 4 is 10.0 Å². The van der Waals surface area contributed by atoms with E-state index in [0.29, 0.717) is 11.4 Å². The topological polar surface area (TPSA) is 58.2 Å². The summed E-state index contributed by atoms with van der Waals surface area (Å²) in [6.45, 7) is 3.27. The summed E-state index contributed by atoms with van der Waals surface area (Å²) in [6.07, 6.45) is 2.17. The second-order valence-electron chi connectivity index (χ2n) is 5.17. The Morgan fingerprint density at radius 2 is 2.00 bits per heavy atom. The first-order chi connectivity index (χ1) is 8.47. The van der Waals surface area contributed by atoms with Crippen molar-refractivity contribution in [3.8, 4) is 0 Å². The zero-order valence-corrected chi connectivity index (χ0v) is 11.7. The Morgan fingerprint density at radius 1 is 1.28 bits per heavy atom. The normalized spacial score (nSPS) is 17.7. The molecule has 0 atom stereocenters. The molecule has 1 aliphatic rings. The van der Waals surface area contributed by atoms with Crippen LogP contribution in [0.3, 0.4) is 0 Å². The maximum atomic E-state index is 12.1. The first-order valence-electron chi connectivity index (χ1n) is 6.18. The van der Waals surface area contributed by atoms with E-state index in [4.69, 9.17) is 0 Å². The smallest absolute Gasteiger partial charge is 0.240 e. The van der Waals surface area contributed by atoms with Crippen LogP contribution in [0, 0.1) is 12.3 Å². The Labute approximate surface area is 109 Å². The average molecular weight is 268 g/mol. The quantitative estimate of drug-likeness (QED) is 0.817. The predicted octanol–water partition coefficient (Wildman–Crippen LogP) is 1.27. The van der Waals surface area contributed by atoms with Crippen LogP contribution in [0.2, 0.25) is 0 Å². The van der Waals surface area contributed by atoms with Crippen molar-refractivity contribution in [2.24, 2.45) is 5.41 Å². The Balaban J connectivity index is 2.04. The molecule has 0 aromatic heterocycles. The number of nitrogens with one attached hydrogen (secondary N) is 2. The maximum Gasteiger partial charge on any atom is 0.240 e. The van der Waals surface area contributed by atoms with Gasteiger partial charge in [0.2, 0.25) is 10.0 Å². The molecule has 5 heteroatoms. The minimum Gasteiger partial charge on any atom is -0.319 e. The van der Waals surface area contributed by atoms with E-state index in [1.807, 2.05) is 20.0 Å². The minimum atomic E-state index is -3.37. The lowest BCUT2D eigenvalue weighted by Crippen LogP contribution is -2.34. The molecule has 18 heavy (non-hydrogen) atoms. The molecule has 1 fully saturated rings. The van der Waals surface area contributed by atoms with Crippen molar-refractivity contribution in [3.05, 3.63) is 29.8 Å². The van der Waals surface area contributed by atoms with Crippen LogP contribution in [0.15, 0.2) is 29.2 Å². The summed E-state index contributed by atoms with van der Waals surface area (Å²) < 4.78 is 27.0. The predicted molar refractivity (Wildman–Crippen MR) is 72.0 cm³/mol. The largest absolute Gasteiger partial charge is 0.319 e. The monoisotopic (exact) mass is 268 g/mol. The lowest BCUT2D eigenvalue weighted by Gasteiger charge is -2.15. The van der Waals surface area contributed by atoms with E-state index >= 15 is 0 Å². The third kappa shape index (κ3) is 3.10. The fourth-order valence-electron chi connectivity index (χ4n) is 2.08. The molecule has 1 aliphatic carbocycles. The van der Waals surface area contributed by atoms with Gasteiger partial charge in [-0.3, -0.25) is 0 Å². The molecule has 4 nitrogen and oxygen atoms in total. The lowest BCUT2D eigenvalue weighted by molar-refractivity contribution is 0.468. The van der Waals surface area contributed by atoms with Gasteiger partial charge in [-0.05, 0) is 49.9 Å². The van der Waals surface area contributed by atoms with Crippen molar-refractivity contribution in [2.75, 3.05) is 20.1 Å². The van der Waals surface area contributed by atoms with E-state index in [-0.39, 0.29) is 5.41 Å². The van der Waals surface area contributed by atoms with Crippen molar-refractivity contribution in [3.63, 3.8) is 0 Å². The van der Waals surface area contributed by atoms with Gasteiger partial charge >= 0.3 is 0 Å². The van der Waals surface area contributed by atoms with E-state index in [0.717, 1.165) is 24.9 Å². The Morgan fingerprint density at radius 3 is 2.56 bits per heavy atom. The zero-order valence-electron chi connectivity index (χ0n) is 10.9. The van der Waals surface area contributed by atoms with Gasteiger partial charge in [0.25, 0.3) is 0 Å². The lowest BCUT2D eigenvalue weighted by atomic mass is 10.1. The number of hydrogen-bond donors (Lipinski definition) is 2. The van der Waals surface area contributed by atoms with E-state index in [9.17, 15) is 8.42 Å². The van der Waals surface area contributed by atoms with Crippen LogP contribution in [0.4, 0.5) is 0 Å². The number of sulfonamides is 1. The molecular formula is C13H20N2O2S. The third-order valence-electron chi connectivity index (χ3n) is 3.45. The molecule has 0 spiro atoms. The molecule has 0 heterocycles. The Bertz CT molecular complexity index is 522. The average Bonchev–Trinajstić information content (AvgIpc) is 3.08. The van der Waals surface area contributed by atoms with Crippen LogP contribution in [-0.4, -0.2) is 28.6 Å². The van der Waals surface area contributed by atoms with Crippen LogP contribution in [0.5, 0.6) is 0 Å². The van der Waals surface area contributed by atoms with Crippen LogP contribution >= 0.6 is 0 Å². The number of rotatable bonds is 6. The summed E-state index contributed by atoms with van der Waals surface area (Å²) in [7, 11) is -1.47.